The van der Waals surface area contributed by atoms with Crippen molar-refractivity contribution in [1.82, 2.24) is 4.90 Å². The average Bonchev–Trinajstić information content (AvgIpc) is 2.74. The first-order valence-electron chi connectivity index (χ1n) is 9.99. The number of nitrogens with zero attached hydrogens (tertiary/aromatic N) is 1. The van der Waals surface area contributed by atoms with E-state index in [1.54, 1.807) is 32.4 Å². The molecule has 0 bridgehead atoms. The van der Waals surface area contributed by atoms with Gasteiger partial charge in [-0.2, -0.15) is 0 Å². The third kappa shape index (κ3) is 4.11. The molecule has 0 saturated carbocycles. The number of fused-ring (bicyclic) bond motifs is 1. The van der Waals surface area contributed by atoms with Crippen LogP contribution in [-0.2, 0) is 6.42 Å². The Hall–Kier alpha value is -2.89. The Morgan fingerprint density at radius 2 is 1.62 bits per heavy atom. The number of methoxy groups -OCH3 is 2. The summed E-state index contributed by atoms with van der Waals surface area (Å²) >= 11 is 0. The lowest BCUT2D eigenvalue weighted by molar-refractivity contribution is 0.0676. The summed E-state index contributed by atoms with van der Waals surface area (Å²) in [6.07, 6.45) is 0.765. The van der Waals surface area contributed by atoms with E-state index >= 15 is 0 Å². The molecule has 0 fully saturated rings. The van der Waals surface area contributed by atoms with Gasteiger partial charge >= 0.3 is 0 Å². The topological polar surface area (TPSA) is 57.2 Å². The van der Waals surface area contributed by atoms with Crippen molar-refractivity contribution in [3.8, 4) is 23.0 Å². The minimum absolute atomic E-state index is 0.0260. The van der Waals surface area contributed by atoms with Gasteiger partial charge in [0.25, 0.3) is 5.91 Å². The first-order valence-corrected chi connectivity index (χ1v) is 9.99. The number of amides is 1. The largest absolute Gasteiger partial charge is 0.493 e. The summed E-state index contributed by atoms with van der Waals surface area (Å²) in [5.74, 6) is 2.61. The predicted octanol–water partition coefficient (Wildman–Crippen LogP) is 4.26. The molecule has 2 aromatic carbocycles. The van der Waals surface area contributed by atoms with Crippen LogP contribution in [0.2, 0.25) is 0 Å². The van der Waals surface area contributed by atoms with Crippen LogP contribution < -0.4 is 18.9 Å². The van der Waals surface area contributed by atoms with Crippen molar-refractivity contribution < 1.29 is 23.7 Å². The molecule has 0 saturated heterocycles. The summed E-state index contributed by atoms with van der Waals surface area (Å²) in [6, 6.07) is 9.28. The quantitative estimate of drug-likeness (QED) is 0.696. The van der Waals surface area contributed by atoms with E-state index in [1.807, 2.05) is 37.8 Å². The van der Waals surface area contributed by atoms with Crippen molar-refractivity contribution in [3.63, 3.8) is 0 Å². The number of ether oxygens (including phenoxy) is 4. The molecular formula is C23H29NO5. The fraction of sp³-hybridized carbons (Fsp3) is 0.435. The van der Waals surface area contributed by atoms with Gasteiger partial charge in [0.05, 0.1) is 33.5 Å². The molecule has 3 rings (SSSR count). The highest BCUT2D eigenvalue weighted by Crippen LogP contribution is 2.39. The van der Waals surface area contributed by atoms with E-state index in [0.717, 1.165) is 12.0 Å². The van der Waals surface area contributed by atoms with Crippen LogP contribution in [0.25, 0.3) is 0 Å². The average molecular weight is 399 g/mol. The van der Waals surface area contributed by atoms with E-state index in [1.165, 1.54) is 5.56 Å². The van der Waals surface area contributed by atoms with Gasteiger partial charge in [-0.25, -0.2) is 0 Å². The van der Waals surface area contributed by atoms with E-state index in [0.29, 0.717) is 48.3 Å². The molecule has 6 nitrogen and oxygen atoms in total. The Kier molecular flexibility index (Phi) is 6.52. The van der Waals surface area contributed by atoms with Gasteiger partial charge in [-0.3, -0.25) is 4.79 Å². The lowest BCUT2D eigenvalue weighted by Gasteiger charge is -2.36. The maximum absolute atomic E-state index is 13.3. The molecule has 1 heterocycles. The molecule has 1 aliphatic heterocycles. The molecule has 1 amide bonds. The van der Waals surface area contributed by atoms with Crippen LogP contribution in [0.1, 0.15) is 48.3 Å². The van der Waals surface area contributed by atoms with E-state index in [9.17, 15) is 4.79 Å². The normalized spacial score (nSPS) is 15.5. The van der Waals surface area contributed by atoms with Gasteiger partial charge in [0.2, 0.25) is 0 Å². The summed E-state index contributed by atoms with van der Waals surface area (Å²) in [5.41, 5.74) is 2.85. The molecule has 0 unspecified atom stereocenters. The minimum Gasteiger partial charge on any atom is -0.493 e. The predicted molar refractivity (Wildman–Crippen MR) is 111 cm³/mol. The van der Waals surface area contributed by atoms with Crippen molar-refractivity contribution in [2.24, 2.45) is 0 Å². The molecule has 1 atom stereocenters. The van der Waals surface area contributed by atoms with Gasteiger partial charge in [0, 0.05) is 12.1 Å². The van der Waals surface area contributed by atoms with Gasteiger partial charge < -0.3 is 23.8 Å². The van der Waals surface area contributed by atoms with E-state index in [4.69, 9.17) is 18.9 Å². The Morgan fingerprint density at radius 1 is 0.966 bits per heavy atom. The zero-order valence-corrected chi connectivity index (χ0v) is 17.8. The maximum Gasteiger partial charge on any atom is 0.254 e. The van der Waals surface area contributed by atoms with Crippen molar-refractivity contribution in [1.29, 1.82) is 0 Å². The number of hydrogen-bond donors (Lipinski definition) is 0. The summed E-state index contributed by atoms with van der Waals surface area (Å²) in [7, 11) is 3.25. The van der Waals surface area contributed by atoms with Crippen LogP contribution >= 0.6 is 0 Å². The van der Waals surface area contributed by atoms with Crippen molar-refractivity contribution in [2.75, 3.05) is 34.0 Å². The second kappa shape index (κ2) is 9.07. The molecule has 0 radical (unpaired) electrons. The summed E-state index contributed by atoms with van der Waals surface area (Å²) < 4.78 is 22.2. The van der Waals surface area contributed by atoms with E-state index in [-0.39, 0.29) is 11.9 Å². The monoisotopic (exact) mass is 399 g/mol. The van der Waals surface area contributed by atoms with Gasteiger partial charge in [0.1, 0.15) is 0 Å². The summed E-state index contributed by atoms with van der Waals surface area (Å²) in [5, 5.41) is 0. The third-order valence-corrected chi connectivity index (χ3v) is 5.24. The van der Waals surface area contributed by atoms with Gasteiger partial charge in [-0.05, 0) is 68.7 Å². The first-order chi connectivity index (χ1) is 14.0. The number of carbonyl (C=O) groups excluding carboxylic acids is 1. The highest BCUT2D eigenvalue weighted by atomic mass is 16.5. The third-order valence-electron chi connectivity index (χ3n) is 5.24. The standard InChI is InChI=1S/C23H29NO5/c1-6-28-19-9-8-17(13-22(19)29-7-2)23(25)24-11-10-16-12-20(26-4)21(27-5)14-18(16)15(24)3/h8-9,12-15H,6-7,10-11H2,1-5H3/t15-/m1/s1. The smallest absolute Gasteiger partial charge is 0.254 e. The molecule has 0 aromatic heterocycles. The van der Waals surface area contributed by atoms with Crippen molar-refractivity contribution in [2.45, 2.75) is 33.2 Å². The Morgan fingerprint density at radius 3 is 2.28 bits per heavy atom. The number of rotatable bonds is 7. The summed E-state index contributed by atoms with van der Waals surface area (Å²) in [6.45, 7) is 7.56. The highest BCUT2D eigenvalue weighted by Gasteiger charge is 2.30. The highest BCUT2D eigenvalue weighted by molar-refractivity contribution is 5.95. The molecule has 29 heavy (non-hydrogen) atoms. The van der Waals surface area contributed by atoms with Crippen LogP contribution in [0.4, 0.5) is 0 Å². The molecule has 156 valence electrons. The zero-order valence-electron chi connectivity index (χ0n) is 17.8. The van der Waals surface area contributed by atoms with Crippen LogP contribution in [0, 0.1) is 0 Å². The fourth-order valence-electron chi connectivity index (χ4n) is 3.77. The summed E-state index contributed by atoms with van der Waals surface area (Å²) in [4.78, 5) is 15.2. The molecule has 0 aliphatic carbocycles. The first kappa shape index (κ1) is 20.8. The second-order valence-corrected chi connectivity index (χ2v) is 6.86. The number of hydrogen-bond acceptors (Lipinski definition) is 5. The van der Waals surface area contributed by atoms with E-state index in [2.05, 4.69) is 0 Å². The maximum atomic E-state index is 13.3. The molecule has 2 aromatic rings. The lowest BCUT2D eigenvalue weighted by Crippen LogP contribution is -2.38. The Balaban J connectivity index is 1.90. The fourth-order valence-corrected chi connectivity index (χ4v) is 3.77. The van der Waals surface area contributed by atoms with Crippen LogP contribution in [0.3, 0.4) is 0 Å². The van der Waals surface area contributed by atoms with Crippen LogP contribution in [0.5, 0.6) is 23.0 Å². The minimum atomic E-state index is -0.0758. The molecule has 6 heteroatoms. The second-order valence-electron chi connectivity index (χ2n) is 6.86. The van der Waals surface area contributed by atoms with Crippen molar-refractivity contribution in [3.05, 3.63) is 47.0 Å². The van der Waals surface area contributed by atoms with Gasteiger partial charge in [0.15, 0.2) is 23.0 Å². The van der Waals surface area contributed by atoms with Crippen LogP contribution in [0.15, 0.2) is 30.3 Å². The SMILES string of the molecule is CCOc1ccc(C(=O)N2CCc3cc(OC)c(OC)cc3[C@H]2C)cc1OCC. The van der Waals surface area contributed by atoms with Crippen LogP contribution in [-0.4, -0.2) is 44.8 Å². The van der Waals surface area contributed by atoms with Crippen molar-refractivity contribution >= 4 is 5.91 Å². The van der Waals surface area contributed by atoms with Gasteiger partial charge in [-0.1, -0.05) is 0 Å². The van der Waals surface area contributed by atoms with Gasteiger partial charge in [-0.15, -0.1) is 0 Å². The Labute approximate surface area is 172 Å². The Bertz CT molecular complexity index is 880. The van der Waals surface area contributed by atoms with E-state index < -0.39 is 0 Å². The molecule has 0 N–H and O–H groups in total. The lowest BCUT2D eigenvalue weighted by atomic mass is 9.92. The number of benzene rings is 2. The zero-order chi connectivity index (χ0) is 21.0. The number of carbonyl (C=O) groups is 1. The molecule has 0 spiro atoms. The molecule has 1 aliphatic rings. The molecular weight excluding hydrogens is 370 g/mol.